The van der Waals surface area contributed by atoms with Gasteiger partial charge in [-0.05, 0) is 37.6 Å². The van der Waals surface area contributed by atoms with Gasteiger partial charge >= 0.3 is 5.69 Å². The molecule has 2 aromatic carbocycles. The van der Waals surface area contributed by atoms with Crippen molar-refractivity contribution in [2.24, 2.45) is 0 Å². The van der Waals surface area contributed by atoms with Gasteiger partial charge in [0.15, 0.2) is 0 Å². The van der Waals surface area contributed by atoms with Crippen molar-refractivity contribution in [3.63, 3.8) is 0 Å². The monoisotopic (exact) mass is 361 g/mol. The molecule has 0 spiro atoms. The van der Waals surface area contributed by atoms with Crippen LogP contribution in [0.2, 0.25) is 0 Å². The van der Waals surface area contributed by atoms with Gasteiger partial charge in [0.25, 0.3) is 0 Å². The number of benzene rings is 2. The summed E-state index contributed by atoms with van der Waals surface area (Å²) in [6.07, 6.45) is 1.27. The topological polar surface area (TPSA) is 112 Å². The number of fused-ring (bicyclic) bond motifs is 1. The number of para-hydroxylation sites is 1. The van der Waals surface area contributed by atoms with Crippen molar-refractivity contribution >= 4 is 28.2 Å². The van der Waals surface area contributed by atoms with E-state index < -0.39 is 4.92 Å². The summed E-state index contributed by atoms with van der Waals surface area (Å²) in [6.45, 7) is 3.91. The fraction of sp³-hybridized carbons (Fsp3) is 0.111. The highest BCUT2D eigenvalue weighted by Crippen LogP contribution is 2.32. The quantitative estimate of drug-likeness (QED) is 0.437. The largest absolute Gasteiger partial charge is 0.356 e. The fourth-order valence-electron chi connectivity index (χ4n) is 2.89. The molecule has 9 nitrogen and oxygen atoms in total. The summed E-state index contributed by atoms with van der Waals surface area (Å²) in [5.41, 5.74) is 3.76. The molecule has 4 aromatic rings. The molecule has 2 heterocycles. The maximum absolute atomic E-state index is 11.8. The predicted molar refractivity (Wildman–Crippen MR) is 100 cm³/mol. The van der Waals surface area contributed by atoms with Crippen LogP contribution in [0.25, 0.3) is 16.9 Å². The van der Waals surface area contributed by atoms with E-state index in [1.54, 1.807) is 12.1 Å². The molecule has 0 saturated heterocycles. The van der Waals surface area contributed by atoms with Gasteiger partial charge in [0, 0.05) is 5.69 Å². The SMILES string of the molecule is Cc1ccc(Nc2ncnc(-n3nnc4ccccc43)c2[N+](=O)[O-])c(C)c1. The number of hydrogen-bond donors (Lipinski definition) is 1. The molecule has 0 atom stereocenters. The summed E-state index contributed by atoms with van der Waals surface area (Å²) in [6, 6.07) is 13.0. The molecule has 1 N–H and O–H groups in total. The minimum absolute atomic E-state index is 0.0518. The van der Waals surface area contributed by atoms with Crippen molar-refractivity contribution in [1.82, 2.24) is 25.0 Å². The number of nitro groups is 1. The average molecular weight is 361 g/mol. The molecular formula is C18H15N7O2. The first kappa shape index (κ1) is 16.6. The smallest absolute Gasteiger partial charge is 0.334 e. The predicted octanol–water partition coefficient (Wildman–Crippen LogP) is 3.48. The molecule has 0 aliphatic carbocycles. The van der Waals surface area contributed by atoms with Crippen LogP contribution in [-0.2, 0) is 0 Å². The van der Waals surface area contributed by atoms with E-state index in [1.165, 1.54) is 11.0 Å². The first-order valence-electron chi connectivity index (χ1n) is 8.19. The van der Waals surface area contributed by atoms with Crippen molar-refractivity contribution in [1.29, 1.82) is 0 Å². The molecule has 0 amide bonds. The second-order valence-electron chi connectivity index (χ2n) is 6.08. The van der Waals surface area contributed by atoms with Crippen LogP contribution in [0.5, 0.6) is 0 Å². The molecule has 0 aliphatic rings. The van der Waals surface area contributed by atoms with Crippen LogP contribution in [-0.4, -0.2) is 29.9 Å². The van der Waals surface area contributed by atoms with Crippen LogP contribution in [0.1, 0.15) is 11.1 Å². The lowest BCUT2D eigenvalue weighted by Crippen LogP contribution is -2.09. The van der Waals surface area contributed by atoms with Gasteiger partial charge in [-0.3, -0.25) is 10.1 Å². The Kier molecular flexibility index (Phi) is 3.96. The molecule has 0 fully saturated rings. The van der Waals surface area contributed by atoms with Crippen LogP contribution < -0.4 is 5.32 Å². The number of aromatic nitrogens is 5. The van der Waals surface area contributed by atoms with Crippen LogP contribution in [0.4, 0.5) is 17.2 Å². The van der Waals surface area contributed by atoms with Gasteiger partial charge in [-0.1, -0.05) is 35.0 Å². The van der Waals surface area contributed by atoms with E-state index in [-0.39, 0.29) is 17.3 Å². The van der Waals surface area contributed by atoms with Gasteiger partial charge in [0.1, 0.15) is 11.8 Å². The zero-order chi connectivity index (χ0) is 19.0. The summed E-state index contributed by atoms with van der Waals surface area (Å²) < 4.78 is 1.35. The summed E-state index contributed by atoms with van der Waals surface area (Å²) >= 11 is 0. The third kappa shape index (κ3) is 2.95. The fourth-order valence-corrected chi connectivity index (χ4v) is 2.89. The standard InChI is InChI=1S/C18H15N7O2/c1-11-7-8-13(12(2)9-11)21-17-16(25(26)27)18(20-10-19-17)24-15-6-4-3-5-14(15)22-23-24/h3-10H,1-2H3,(H,19,20,21). The normalized spacial score (nSPS) is 10.9. The van der Waals surface area contributed by atoms with E-state index in [0.29, 0.717) is 11.0 Å². The molecule has 4 rings (SSSR count). The summed E-state index contributed by atoms with van der Waals surface area (Å²) in [5, 5.41) is 22.9. The van der Waals surface area contributed by atoms with Crippen molar-refractivity contribution in [3.05, 3.63) is 70.0 Å². The Morgan fingerprint density at radius 3 is 2.70 bits per heavy atom. The van der Waals surface area contributed by atoms with Crippen molar-refractivity contribution in [2.45, 2.75) is 13.8 Å². The second kappa shape index (κ2) is 6.45. The van der Waals surface area contributed by atoms with E-state index >= 15 is 0 Å². The van der Waals surface area contributed by atoms with Gasteiger partial charge in [-0.25, -0.2) is 9.97 Å². The number of hydrogen-bond acceptors (Lipinski definition) is 7. The van der Waals surface area contributed by atoms with Gasteiger partial charge in [0.2, 0.25) is 11.6 Å². The Labute approximate surface area is 153 Å². The molecular weight excluding hydrogens is 346 g/mol. The molecule has 0 bridgehead atoms. The molecule has 0 aliphatic heterocycles. The Balaban J connectivity index is 1.87. The van der Waals surface area contributed by atoms with Crippen LogP contribution >= 0.6 is 0 Å². The summed E-state index contributed by atoms with van der Waals surface area (Å²) in [5.74, 6) is 0.146. The Morgan fingerprint density at radius 2 is 1.93 bits per heavy atom. The molecule has 2 aromatic heterocycles. The molecule has 0 unspecified atom stereocenters. The highest BCUT2D eigenvalue weighted by atomic mass is 16.6. The lowest BCUT2D eigenvalue weighted by molar-refractivity contribution is -0.384. The van der Waals surface area contributed by atoms with Crippen molar-refractivity contribution < 1.29 is 4.92 Å². The zero-order valence-corrected chi connectivity index (χ0v) is 14.6. The van der Waals surface area contributed by atoms with Crippen molar-refractivity contribution in [3.8, 4) is 5.82 Å². The molecule has 0 radical (unpaired) electrons. The number of anilines is 2. The van der Waals surface area contributed by atoms with E-state index in [9.17, 15) is 10.1 Å². The van der Waals surface area contributed by atoms with Crippen LogP contribution in [0.15, 0.2) is 48.8 Å². The average Bonchev–Trinajstić information content (AvgIpc) is 3.07. The van der Waals surface area contributed by atoms with Gasteiger partial charge in [-0.15, -0.1) is 5.10 Å². The van der Waals surface area contributed by atoms with E-state index in [4.69, 9.17) is 0 Å². The third-order valence-corrected chi connectivity index (χ3v) is 4.17. The maximum Gasteiger partial charge on any atom is 0.356 e. The maximum atomic E-state index is 11.8. The van der Waals surface area contributed by atoms with E-state index in [0.717, 1.165) is 16.8 Å². The second-order valence-corrected chi connectivity index (χ2v) is 6.08. The number of nitrogens with zero attached hydrogens (tertiary/aromatic N) is 6. The lowest BCUT2D eigenvalue weighted by atomic mass is 10.1. The number of rotatable bonds is 4. The summed E-state index contributed by atoms with van der Waals surface area (Å²) in [7, 11) is 0. The van der Waals surface area contributed by atoms with Crippen LogP contribution in [0, 0.1) is 24.0 Å². The minimum Gasteiger partial charge on any atom is -0.334 e. The third-order valence-electron chi connectivity index (χ3n) is 4.17. The lowest BCUT2D eigenvalue weighted by Gasteiger charge is -2.11. The van der Waals surface area contributed by atoms with Crippen molar-refractivity contribution in [2.75, 3.05) is 5.32 Å². The molecule has 0 saturated carbocycles. The highest BCUT2D eigenvalue weighted by molar-refractivity contribution is 5.78. The zero-order valence-electron chi connectivity index (χ0n) is 14.6. The highest BCUT2D eigenvalue weighted by Gasteiger charge is 2.26. The molecule has 134 valence electrons. The van der Waals surface area contributed by atoms with E-state index in [2.05, 4.69) is 25.6 Å². The number of aryl methyl sites for hydroxylation is 2. The van der Waals surface area contributed by atoms with Gasteiger partial charge < -0.3 is 5.32 Å². The Hall–Kier alpha value is -3.88. The first-order valence-corrected chi connectivity index (χ1v) is 8.19. The minimum atomic E-state index is -0.516. The van der Waals surface area contributed by atoms with Gasteiger partial charge in [-0.2, -0.15) is 4.68 Å². The Bertz CT molecular complexity index is 1170. The Morgan fingerprint density at radius 1 is 1.11 bits per heavy atom. The molecule has 9 heteroatoms. The molecule has 27 heavy (non-hydrogen) atoms. The number of nitrogens with one attached hydrogen (secondary N) is 1. The first-order chi connectivity index (χ1) is 13.0. The summed E-state index contributed by atoms with van der Waals surface area (Å²) in [4.78, 5) is 19.5. The van der Waals surface area contributed by atoms with Crippen LogP contribution in [0.3, 0.4) is 0 Å². The van der Waals surface area contributed by atoms with E-state index in [1.807, 2.05) is 44.2 Å². The van der Waals surface area contributed by atoms with Gasteiger partial charge in [0.05, 0.1) is 10.4 Å².